The predicted octanol–water partition coefficient (Wildman–Crippen LogP) is 0.489. The lowest BCUT2D eigenvalue weighted by molar-refractivity contribution is -0.139. The van der Waals surface area contributed by atoms with Crippen LogP contribution in [0.5, 0.6) is 0 Å². The van der Waals surface area contributed by atoms with Crippen molar-refractivity contribution in [3.63, 3.8) is 0 Å². The van der Waals surface area contributed by atoms with Gasteiger partial charge >= 0.3 is 0 Å². The van der Waals surface area contributed by atoms with E-state index in [4.69, 9.17) is 5.73 Å². The third-order valence-corrected chi connectivity index (χ3v) is 3.25. The van der Waals surface area contributed by atoms with Crippen molar-refractivity contribution in [2.24, 2.45) is 11.7 Å². The van der Waals surface area contributed by atoms with Crippen LogP contribution in [0, 0.1) is 5.92 Å². The van der Waals surface area contributed by atoms with Crippen molar-refractivity contribution in [2.75, 3.05) is 19.6 Å². The first-order valence-electron chi connectivity index (χ1n) is 6.72. The Bertz CT molecular complexity index is 302. The maximum atomic E-state index is 12.0. The summed E-state index contributed by atoms with van der Waals surface area (Å²) in [5.41, 5.74) is 4.98. The molecule has 2 amide bonds. The van der Waals surface area contributed by atoms with E-state index in [2.05, 4.69) is 5.32 Å². The molecule has 1 heterocycles. The normalized spacial score (nSPS) is 17.7. The largest absolute Gasteiger partial charge is 0.356 e. The van der Waals surface area contributed by atoms with Gasteiger partial charge in [0, 0.05) is 25.6 Å². The Balaban J connectivity index is 2.41. The van der Waals surface area contributed by atoms with Gasteiger partial charge in [-0.2, -0.15) is 0 Å². The van der Waals surface area contributed by atoms with E-state index in [0.717, 1.165) is 25.8 Å². The molecule has 0 bridgehead atoms. The van der Waals surface area contributed by atoms with Gasteiger partial charge in [-0.15, -0.1) is 0 Å². The minimum atomic E-state index is -0.822. The number of hydrogen-bond donors (Lipinski definition) is 2. The number of rotatable bonds is 4. The van der Waals surface area contributed by atoms with E-state index in [0.29, 0.717) is 13.1 Å². The van der Waals surface area contributed by atoms with E-state index in [1.165, 1.54) is 0 Å². The molecular formula is C13H25N3O2. The summed E-state index contributed by atoms with van der Waals surface area (Å²) in [5.74, 6) is 0.132. The summed E-state index contributed by atoms with van der Waals surface area (Å²) in [5, 5.41) is 2.91. The fraction of sp³-hybridized carbons (Fsp3) is 0.846. The summed E-state index contributed by atoms with van der Waals surface area (Å²) in [6, 6.07) is 0. The van der Waals surface area contributed by atoms with Crippen LogP contribution in [0.1, 0.15) is 40.0 Å². The van der Waals surface area contributed by atoms with Gasteiger partial charge in [0.25, 0.3) is 0 Å². The monoisotopic (exact) mass is 255 g/mol. The van der Waals surface area contributed by atoms with Crippen LogP contribution in [0.15, 0.2) is 0 Å². The summed E-state index contributed by atoms with van der Waals surface area (Å²) in [6.45, 7) is 7.46. The first-order valence-corrected chi connectivity index (χ1v) is 6.72. The highest BCUT2D eigenvalue weighted by atomic mass is 16.2. The third-order valence-electron chi connectivity index (χ3n) is 3.25. The van der Waals surface area contributed by atoms with Gasteiger partial charge < -0.3 is 16.0 Å². The number of likely N-dealkylation sites (tertiary alicyclic amines) is 1. The van der Waals surface area contributed by atoms with Crippen molar-refractivity contribution < 1.29 is 9.59 Å². The Kier molecular flexibility index (Phi) is 5.14. The Labute approximate surface area is 109 Å². The Morgan fingerprint density at radius 2 is 1.89 bits per heavy atom. The quantitative estimate of drug-likeness (QED) is 0.767. The van der Waals surface area contributed by atoms with E-state index < -0.39 is 5.54 Å². The average molecular weight is 255 g/mol. The molecule has 5 heteroatoms. The summed E-state index contributed by atoms with van der Waals surface area (Å²) in [7, 11) is 0. The molecule has 0 aromatic rings. The summed E-state index contributed by atoms with van der Waals surface area (Å²) >= 11 is 0. The second kappa shape index (κ2) is 6.18. The molecule has 0 atom stereocenters. The number of nitrogens with zero attached hydrogens (tertiary/aromatic N) is 1. The molecule has 1 aliphatic heterocycles. The number of piperidine rings is 1. The fourth-order valence-corrected chi connectivity index (χ4v) is 2.14. The lowest BCUT2D eigenvalue weighted by Gasteiger charge is -2.35. The van der Waals surface area contributed by atoms with Gasteiger partial charge in [0.1, 0.15) is 0 Å². The molecule has 1 aliphatic rings. The zero-order chi connectivity index (χ0) is 13.8. The van der Waals surface area contributed by atoms with Crippen molar-refractivity contribution in [1.82, 2.24) is 10.2 Å². The molecule has 1 saturated heterocycles. The Morgan fingerprint density at radius 3 is 2.33 bits per heavy atom. The predicted molar refractivity (Wildman–Crippen MR) is 70.9 cm³/mol. The number of carbonyl (C=O) groups excluding carboxylic acids is 2. The smallest absolute Gasteiger partial charge is 0.242 e. The van der Waals surface area contributed by atoms with Crippen molar-refractivity contribution >= 4 is 11.8 Å². The molecule has 3 N–H and O–H groups in total. The van der Waals surface area contributed by atoms with Gasteiger partial charge in [0.15, 0.2) is 0 Å². The number of amides is 2. The molecule has 0 spiro atoms. The Morgan fingerprint density at radius 1 is 1.33 bits per heavy atom. The number of nitrogens with one attached hydrogen (secondary N) is 1. The molecule has 104 valence electrons. The van der Waals surface area contributed by atoms with E-state index in [1.54, 1.807) is 18.7 Å². The average Bonchev–Trinajstić information content (AvgIpc) is 2.34. The zero-order valence-electron chi connectivity index (χ0n) is 11.7. The molecule has 0 aliphatic carbocycles. The van der Waals surface area contributed by atoms with Crippen LogP contribution < -0.4 is 11.1 Å². The third kappa shape index (κ3) is 3.98. The fourth-order valence-electron chi connectivity index (χ4n) is 2.14. The van der Waals surface area contributed by atoms with Gasteiger partial charge in [-0.3, -0.25) is 9.59 Å². The van der Waals surface area contributed by atoms with Gasteiger partial charge in [-0.05, 0) is 33.1 Å². The standard InChI is InChI=1S/C13H25N3O2/c1-4-7-15-11(17)10-5-8-16(9-6-10)12(18)13(2,3)14/h10H,4-9,14H2,1-3H3,(H,15,17). The van der Waals surface area contributed by atoms with Crippen LogP contribution >= 0.6 is 0 Å². The van der Waals surface area contributed by atoms with Crippen molar-refractivity contribution in [3.05, 3.63) is 0 Å². The molecule has 0 saturated carbocycles. The van der Waals surface area contributed by atoms with Crippen molar-refractivity contribution in [2.45, 2.75) is 45.6 Å². The molecule has 0 unspecified atom stereocenters. The SMILES string of the molecule is CCCNC(=O)C1CCN(C(=O)C(C)(C)N)CC1. The highest BCUT2D eigenvalue weighted by molar-refractivity contribution is 5.85. The lowest BCUT2D eigenvalue weighted by atomic mass is 9.94. The number of hydrogen-bond acceptors (Lipinski definition) is 3. The number of carbonyl (C=O) groups is 2. The maximum Gasteiger partial charge on any atom is 0.242 e. The molecule has 0 aromatic carbocycles. The minimum Gasteiger partial charge on any atom is -0.356 e. The second-order valence-electron chi connectivity index (χ2n) is 5.58. The summed E-state index contributed by atoms with van der Waals surface area (Å²) < 4.78 is 0. The van der Waals surface area contributed by atoms with Crippen LogP contribution in [0.25, 0.3) is 0 Å². The molecule has 0 aromatic heterocycles. The maximum absolute atomic E-state index is 12.0. The highest BCUT2D eigenvalue weighted by Crippen LogP contribution is 2.19. The molecule has 18 heavy (non-hydrogen) atoms. The zero-order valence-corrected chi connectivity index (χ0v) is 11.7. The molecule has 1 fully saturated rings. The lowest BCUT2D eigenvalue weighted by Crippen LogP contribution is -2.54. The summed E-state index contributed by atoms with van der Waals surface area (Å²) in [6.07, 6.45) is 2.42. The Hall–Kier alpha value is -1.10. The van der Waals surface area contributed by atoms with Crippen LogP contribution in [0.4, 0.5) is 0 Å². The highest BCUT2D eigenvalue weighted by Gasteiger charge is 2.32. The second-order valence-corrected chi connectivity index (χ2v) is 5.58. The van der Waals surface area contributed by atoms with E-state index in [-0.39, 0.29) is 17.7 Å². The van der Waals surface area contributed by atoms with Gasteiger partial charge in [0.05, 0.1) is 5.54 Å². The molecule has 5 nitrogen and oxygen atoms in total. The van der Waals surface area contributed by atoms with Crippen LogP contribution in [0.2, 0.25) is 0 Å². The van der Waals surface area contributed by atoms with Crippen LogP contribution in [0.3, 0.4) is 0 Å². The van der Waals surface area contributed by atoms with E-state index in [9.17, 15) is 9.59 Å². The van der Waals surface area contributed by atoms with E-state index in [1.807, 2.05) is 6.92 Å². The van der Waals surface area contributed by atoms with Crippen LogP contribution in [-0.4, -0.2) is 41.9 Å². The first-order chi connectivity index (χ1) is 8.36. The minimum absolute atomic E-state index is 0.0325. The number of nitrogens with two attached hydrogens (primary N) is 1. The first kappa shape index (κ1) is 15.0. The topological polar surface area (TPSA) is 75.4 Å². The molecule has 1 rings (SSSR count). The van der Waals surface area contributed by atoms with Crippen LogP contribution in [-0.2, 0) is 9.59 Å². The van der Waals surface area contributed by atoms with Crippen molar-refractivity contribution in [1.29, 1.82) is 0 Å². The summed E-state index contributed by atoms with van der Waals surface area (Å²) in [4.78, 5) is 25.5. The van der Waals surface area contributed by atoms with Gasteiger partial charge in [0.2, 0.25) is 11.8 Å². The van der Waals surface area contributed by atoms with Gasteiger partial charge in [-0.25, -0.2) is 0 Å². The van der Waals surface area contributed by atoms with Gasteiger partial charge in [-0.1, -0.05) is 6.92 Å². The molecule has 0 radical (unpaired) electrons. The molecular weight excluding hydrogens is 230 g/mol. The van der Waals surface area contributed by atoms with E-state index >= 15 is 0 Å². The van der Waals surface area contributed by atoms with Crippen molar-refractivity contribution in [3.8, 4) is 0 Å².